The van der Waals surface area contributed by atoms with Gasteiger partial charge in [0.15, 0.2) is 5.78 Å². The average molecular weight is 413 g/mol. The molecule has 1 atom stereocenters. The molecule has 29 heavy (non-hydrogen) atoms. The number of ketones is 1. The molecule has 1 aliphatic rings. The zero-order valence-electron chi connectivity index (χ0n) is 17.2. The van der Waals surface area contributed by atoms with Crippen LogP contribution in [-0.2, 0) is 14.8 Å². The predicted molar refractivity (Wildman–Crippen MR) is 118 cm³/mol. The van der Waals surface area contributed by atoms with E-state index in [0.29, 0.717) is 31.6 Å². The summed E-state index contributed by atoms with van der Waals surface area (Å²) in [5.41, 5.74) is 3.03. The van der Waals surface area contributed by atoms with E-state index in [2.05, 4.69) is 36.9 Å². The molecule has 0 aromatic heterocycles. The van der Waals surface area contributed by atoms with Crippen molar-refractivity contribution in [2.45, 2.75) is 38.1 Å². The Morgan fingerprint density at radius 1 is 1.14 bits per heavy atom. The number of carbonyl (C=O) groups is 1. The van der Waals surface area contributed by atoms with Crippen LogP contribution in [0.5, 0.6) is 0 Å². The second-order valence-electron chi connectivity index (χ2n) is 7.47. The van der Waals surface area contributed by atoms with Crippen LogP contribution in [0.2, 0.25) is 0 Å². The molecule has 1 aliphatic heterocycles. The molecular formula is C23H28N2O3S. The fourth-order valence-corrected chi connectivity index (χ4v) is 5.14. The first-order valence-corrected chi connectivity index (χ1v) is 11.4. The molecule has 1 fully saturated rings. The second kappa shape index (κ2) is 8.93. The maximum atomic E-state index is 13.2. The average Bonchev–Trinajstić information content (AvgIpc) is 2.72. The number of carbonyl (C=O) groups excluding carboxylic acids is 1. The molecule has 1 saturated heterocycles. The van der Waals surface area contributed by atoms with E-state index in [-0.39, 0.29) is 16.7 Å². The maximum absolute atomic E-state index is 13.2. The molecule has 0 radical (unpaired) electrons. The number of allylic oxidation sites excluding steroid dienone is 1. The number of aryl methyl sites for hydroxylation is 1. The summed E-state index contributed by atoms with van der Waals surface area (Å²) in [7, 11) is -3.59. The first kappa shape index (κ1) is 21.3. The van der Waals surface area contributed by atoms with Gasteiger partial charge >= 0.3 is 0 Å². The van der Waals surface area contributed by atoms with Crippen LogP contribution in [0.3, 0.4) is 0 Å². The minimum absolute atomic E-state index is 0.0133. The van der Waals surface area contributed by atoms with Crippen molar-refractivity contribution in [1.29, 1.82) is 0 Å². The van der Waals surface area contributed by atoms with Crippen molar-refractivity contribution in [2.75, 3.05) is 24.5 Å². The first-order chi connectivity index (χ1) is 13.8. The molecule has 0 N–H and O–H groups in total. The van der Waals surface area contributed by atoms with Crippen molar-refractivity contribution in [3.63, 3.8) is 0 Å². The predicted octanol–water partition coefficient (Wildman–Crippen LogP) is 3.89. The third-order valence-corrected chi connectivity index (χ3v) is 7.09. The molecule has 0 bridgehead atoms. The van der Waals surface area contributed by atoms with E-state index in [1.807, 2.05) is 6.07 Å². The number of rotatable bonds is 6. The fraction of sp³-hybridized carbons (Fsp3) is 0.348. The number of hydrogen-bond acceptors (Lipinski definition) is 4. The highest BCUT2D eigenvalue weighted by Crippen LogP contribution is 2.25. The molecule has 1 heterocycles. The van der Waals surface area contributed by atoms with Gasteiger partial charge in [-0.2, -0.15) is 4.31 Å². The lowest BCUT2D eigenvalue weighted by molar-refractivity contribution is -0.114. The topological polar surface area (TPSA) is 57.7 Å². The van der Waals surface area contributed by atoms with Gasteiger partial charge in [0.1, 0.15) is 0 Å². The Morgan fingerprint density at radius 2 is 1.90 bits per heavy atom. The molecule has 5 nitrogen and oxygen atoms in total. The highest BCUT2D eigenvalue weighted by molar-refractivity contribution is 7.89. The van der Waals surface area contributed by atoms with Crippen molar-refractivity contribution >= 4 is 27.6 Å². The number of sulfonamides is 1. The largest absolute Gasteiger partial charge is 0.366 e. The zero-order chi connectivity index (χ0) is 21.0. The Kier molecular flexibility index (Phi) is 6.55. The van der Waals surface area contributed by atoms with Gasteiger partial charge in [0.2, 0.25) is 10.0 Å². The van der Waals surface area contributed by atoms with Gasteiger partial charge in [-0.3, -0.25) is 4.79 Å². The van der Waals surface area contributed by atoms with Gasteiger partial charge in [0.05, 0.1) is 4.90 Å². The van der Waals surface area contributed by atoms with Crippen molar-refractivity contribution in [3.8, 4) is 0 Å². The van der Waals surface area contributed by atoms with E-state index in [4.69, 9.17) is 0 Å². The fourth-order valence-electron chi connectivity index (χ4n) is 3.57. The lowest BCUT2D eigenvalue weighted by atomic mass is 10.1. The smallest absolute Gasteiger partial charge is 0.243 e. The van der Waals surface area contributed by atoms with Gasteiger partial charge in [-0.05, 0) is 55.3 Å². The normalized spacial score (nSPS) is 18.3. The summed E-state index contributed by atoms with van der Waals surface area (Å²) in [6.07, 6.45) is 3.59. The van der Waals surface area contributed by atoms with E-state index >= 15 is 0 Å². The van der Waals surface area contributed by atoms with Crippen LogP contribution >= 0.6 is 0 Å². The molecule has 0 aliphatic carbocycles. The third kappa shape index (κ3) is 4.95. The van der Waals surface area contributed by atoms with Crippen LogP contribution in [0.1, 0.15) is 31.4 Å². The van der Waals surface area contributed by atoms with E-state index in [0.717, 1.165) is 5.69 Å². The Hall–Kier alpha value is -2.44. The van der Waals surface area contributed by atoms with Crippen molar-refractivity contribution < 1.29 is 13.2 Å². The first-order valence-electron chi connectivity index (χ1n) is 9.95. The van der Waals surface area contributed by atoms with Gasteiger partial charge in [0, 0.05) is 37.8 Å². The highest BCUT2D eigenvalue weighted by atomic mass is 32.2. The molecule has 2 aromatic carbocycles. The van der Waals surface area contributed by atoms with Crippen LogP contribution in [0, 0.1) is 6.92 Å². The molecule has 154 valence electrons. The summed E-state index contributed by atoms with van der Waals surface area (Å²) in [5.74, 6) is 0.0133. The van der Waals surface area contributed by atoms with Gasteiger partial charge in [-0.1, -0.05) is 37.3 Å². The Bertz CT molecular complexity index is 1010. The summed E-state index contributed by atoms with van der Waals surface area (Å²) in [4.78, 5) is 14.0. The van der Waals surface area contributed by atoms with Crippen LogP contribution in [0.25, 0.3) is 6.08 Å². The van der Waals surface area contributed by atoms with Gasteiger partial charge in [0.25, 0.3) is 0 Å². The quantitative estimate of drug-likeness (QED) is 0.676. The maximum Gasteiger partial charge on any atom is 0.243 e. The van der Waals surface area contributed by atoms with Crippen LogP contribution in [0.15, 0.2) is 59.5 Å². The molecule has 0 spiro atoms. The minimum atomic E-state index is -3.59. The van der Waals surface area contributed by atoms with Crippen molar-refractivity contribution in [1.82, 2.24) is 4.31 Å². The summed E-state index contributed by atoms with van der Waals surface area (Å²) in [6, 6.07) is 15.1. The molecule has 1 unspecified atom stereocenters. The lowest BCUT2D eigenvalue weighted by Crippen LogP contribution is -2.53. The number of anilines is 1. The third-order valence-electron chi connectivity index (χ3n) is 5.23. The van der Waals surface area contributed by atoms with Gasteiger partial charge in [-0.15, -0.1) is 0 Å². The number of piperazine rings is 1. The minimum Gasteiger partial charge on any atom is -0.366 e. The summed E-state index contributed by atoms with van der Waals surface area (Å²) < 4.78 is 27.9. The molecule has 3 rings (SSSR count). The number of benzene rings is 2. The number of nitrogens with zero attached hydrogens (tertiary/aromatic N) is 2. The Labute approximate surface area is 173 Å². The summed E-state index contributed by atoms with van der Waals surface area (Å²) in [6.45, 7) is 7.43. The Morgan fingerprint density at radius 3 is 2.59 bits per heavy atom. The molecular weight excluding hydrogens is 384 g/mol. The standard InChI is InChI=1S/C23H28N2O3S/c1-4-22(26)12-11-20-8-6-10-23(16-20)29(27,28)24-13-14-25(19(3)17-24)21-9-5-7-18(2)15-21/h5-12,15-16,19H,4,13-14,17H2,1-3H3/b12-11+. The van der Waals surface area contributed by atoms with Crippen molar-refractivity contribution in [3.05, 3.63) is 65.7 Å². The van der Waals surface area contributed by atoms with Crippen LogP contribution in [0.4, 0.5) is 5.69 Å². The van der Waals surface area contributed by atoms with Gasteiger partial charge < -0.3 is 4.90 Å². The zero-order valence-corrected chi connectivity index (χ0v) is 18.0. The van der Waals surface area contributed by atoms with E-state index < -0.39 is 10.0 Å². The van der Waals surface area contributed by atoms with E-state index in [9.17, 15) is 13.2 Å². The Balaban J connectivity index is 1.77. The monoisotopic (exact) mass is 412 g/mol. The van der Waals surface area contributed by atoms with E-state index in [1.54, 1.807) is 41.6 Å². The second-order valence-corrected chi connectivity index (χ2v) is 9.41. The molecule has 0 amide bonds. The number of hydrogen-bond donors (Lipinski definition) is 0. The SMILES string of the molecule is CCC(=O)/C=C/c1cccc(S(=O)(=O)N2CCN(c3cccc(C)c3)C(C)C2)c1. The molecule has 6 heteroatoms. The van der Waals surface area contributed by atoms with Crippen molar-refractivity contribution in [2.24, 2.45) is 0 Å². The van der Waals surface area contributed by atoms with Crippen LogP contribution in [-0.4, -0.2) is 44.2 Å². The molecule has 0 saturated carbocycles. The highest BCUT2D eigenvalue weighted by Gasteiger charge is 2.32. The van der Waals surface area contributed by atoms with E-state index in [1.165, 1.54) is 11.6 Å². The van der Waals surface area contributed by atoms with Crippen LogP contribution < -0.4 is 4.90 Å². The molecule has 2 aromatic rings. The van der Waals surface area contributed by atoms with Gasteiger partial charge in [-0.25, -0.2) is 8.42 Å². The lowest BCUT2D eigenvalue weighted by Gasteiger charge is -2.40. The summed E-state index contributed by atoms with van der Waals surface area (Å²) >= 11 is 0. The summed E-state index contributed by atoms with van der Waals surface area (Å²) in [5, 5.41) is 0.